The lowest BCUT2D eigenvalue weighted by Crippen LogP contribution is -2.52. The van der Waals surface area contributed by atoms with E-state index in [0.717, 1.165) is 11.1 Å². The first-order chi connectivity index (χ1) is 10.4. The van der Waals surface area contributed by atoms with Gasteiger partial charge in [0.25, 0.3) is 5.60 Å². The zero-order valence-electron chi connectivity index (χ0n) is 13.5. The molecule has 0 bridgehead atoms. The van der Waals surface area contributed by atoms with Crippen molar-refractivity contribution in [1.82, 2.24) is 0 Å². The molecule has 0 unspecified atom stereocenters. The molecule has 0 saturated carbocycles. The summed E-state index contributed by atoms with van der Waals surface area (Å²) in [6.07, 6.45) is 3.54. The average molecular weight is 302 g/mol. The third kappa shape index (κ3) is 3.06. The van der Waals surface area contributed by atoms with Gasteiger partial charge in [0.1, 0.15) is 5.75 Å². The van der Waals surface area contributed by atoms with Gasteiger partial charge in [-0.25, -0.2) is 4.79 Å². The van der Waals surface area contributed by atoms with Crippen LogP contribution in [0.4, 0.5) is 0 Å². The van der Waals surface area contributed by atoms with E-state index in [9.17, 15) is 9.59 Å². The Kier molecular flexibility index (Phi) is 4.69. The van der Waals surface area contributed by atoms with E-state index in [1.165, 1.54) is 6.26 Å². The van der Waals surface area contributed by atoms with Gasteiger partial charge in [-0.2, -0.15) is 0 Å². The van der Waals surface area contributed by atoms with Crippen LogP contribution >= 0.6 is 0 Å². The van der Waals surface area contributed by atoms with Crippen LogP contribution in [0.5, 0.6) is 5.75 Å². The highest BCUT2D eigenvalue weighted by molar-refractivity contribution is 6.09. The fraction of sp³-hybridized carbons (Fsp3) is 0.444. The molecule has 118 valence electrons. The zero-order valence-corrected chi connectivity index (χ0v) is 13.5. The number of Topliss-reactive ketones (excluding diaryl/α,β-unsaturated/α-hetero) is 1. The van der Waals surface area contributed by atoms with E-state index in [4.69, 9.17) is 9.47 Å². The Morgan fingerprint density at radius 1 is 1.32 bits per heavy atom. The van der Waals surface area contributed by atoms with E-state index in [-0.39, 0.29) is 18.1 Å². The second-order valence-corrected chi connectivity index (χ2v) is 6.15. The minimum absolute atomic E-state index is 0.126. The van der Waals surface area contributed by atoms with Gasteiger partial charge in [0, 0.05) is 12.8 Å². The van der Waals surface area contributed by atoms with Gasteiger partial charge in [0.15, 0.2) is 5.78 Å². The summed E-state index contributed by atoms with van der Waals surface area (Å²) in [7, 11) is 0. The lowest BCUT2D eigenvalue weighted by Gasteiger charge is -2.32. The number of allylic oxidation sites excluding steroid dienone is 1. The molecule has 0 saturated heterocycles. The summed E-state index contributed by atoms with van der Waals surface area (Å²) < 4.78 is 11.1. The van der Waals surface area contributed by atoms with Gasteiger partial charge in [-0.15, -0.1) is 0 Å². The molecule has 1 aromatic carbocycles. The number of esters is 1. The second-order valence-electron chi connectivity index (χ2n) is 6.15. The smallest absolute Gasteiger partial charge is 0.363 e. The second kappa shape index (κ2) is 6.34. The Labute approximate surface area is 131 Å². The Hall–Kier alpha value is -2.10. The van der Waals surface area contributed by atoms with Gasteiger partial charge < -0.3 is 9.47 Å². The largest absolute Gasteiger partial charge is 0.475 e. The maximum Gasteiger partial charge on any atom is 0.363 e. The van der Waals surface area contributed by atoms with Crippen molar-refractivity contribution in [3.63, 3.8) is 0 Å². The molecule has 0 aromatic heterocycles. The van der Waals surface area contributed by atoms with E-state index < -0.39 is 11.6 Å². The first-order valence-electron chi connectivity index (χ1n) is 7.51. The van der Waals surface area contributed by atoms with Gasteiger partial charge >= 0.3 is 5.97 Å². The molecule has 22 heavy (non-hydrogen) atoms. The fourth-order valence-electron chi connectivity index (χ4n) is 2.67. The van der Waals surface area contributed by atoms with E-state index in [1.807, 2.05) is 45.9 Å². The first kappa shape index (κ1) is 16.3. The maximum absolute atomic E-state index is 12.7. The summed E-state index contributed by atoms with van der Waals surface area (Å²) in [5, 5.41) is 0. The predicted octanol–water partition coefficient (Wildman–Crippen LogP) is 3.50. The number of ketones is 1. The van der Waals surface area contributed by atoms with Crippen LogP contribution in [0.3, 0.4) is 0 Å². The van der Waals surface area contributed by atoms with Crippen LogP contribution < -0.4 is 4.74 Å². The molecule has 0 amide bonds. The van der Waals surface area contributed by atoms with Gasteiger partial charge in [0.2, 0.25) is 0 Å². The number of benzene rings is 1. The molecule has 0 aliphatic carbocycles. The van der Waals surface area contributed by atoms with Crippen LogP contribution in [0.2, 0.25) is 0 Å². The molecule has 0 N–H and O–H groups in total. The number of para-hydroxylation sites is 1. The van der Waals surface area contributed by atoms with Crippen LogP contribution in [0.25, 0.3) is 0 Å². The molecule has 1 heterocycles. The first-order valence-corrected chi connectivity index (χ1v) is 7.51. The number of aryl methyl sites for hydroxylation is 2. The number of ether oxygens (including phenoxy) is 2. The summed E-state index contributed by atoms with van der Waals surface area (Å²) >= 11 is 0. The molecular formula is C18H22O4. The number of rotatable bonds is 4. The van der Waals surface area contributed by atoms with Gasteiger partial charge in [-0.1, -0.05) is 32.0 Å². The molecule has 4 heteroatoms. The minimum atomic E-state index is -1.53. The Bertz CT molecular complexity index is 595. The molecule has 0 spiro atoms. The van der Waals surface area contributed by atoms with Crippen LogP contribution in [0, 0.1) is 19.8 Å². The van der Waals surface area contributed by atoms with E-state index in [0.29, 0.717) is 12.2 Å². The number of carbonyl (C=O) groups excluding carboxylic acids is 2. The van der Waals surface area contributed by atoms with Crippen molar-refractivity contribution in [2.75, 3.05) is 0 Å². The number of hydrogen-bond donors (Lipinski definition) is 0. The lowest BCUT2D eigenvalue weighted by atomic mass is 9.85. The van der Waals surface area contributed by atoms with Crippen LogP contribution in [0.1, 0.15) is 37.8 Å². The highest BCUT2D eigenvalue weighted by Gasteiger charge is 2.50. The van der Waals surface area contributed by atoms with Gasteiger partial charge in [-0.3, -0.25) is 4.79 Å². The Morgan fingerprint density at radius 3 is 2.50 bits per heavy atom. The molecule has 0 fully saturated rings. The zero-order chi connectivity index (χ0) is 16.3. The van der Waals surface area contributed by atoms with E-state index >= 15 is 0 Å². The summed E-state index contributed by atoms with van der Waals surface area (Å²) in [6, 6.07) is 5.64. The monoisotopic (exact) mass is 302 g/mol. The van der Waals surface area contributed by atoms with Crippen molar-refractivity contribution in [2.24, 2.45) is 5.92 Å². The summed E-state index contributed by atoms with van der Waals surface area (Å²) in [5.74, 6) is -0.254. The van der Waals surface area contributed by atoms with Crippen molar-refractivity contribution in [3.8, 4) is 5.75 Å². The Balaban J connectivity index is 2.34. The predicted molar refractivity (Wildman–Crippen MR) is 83.6 cm³/mol. The van der Waals surface area contributed by atoms with Gasteiger partial charge in [-0.05, 0) is 37.0 Å². The van der Waals surface area contributed by atoms with E-state index in [2.05, 4.69) is 0 Å². The molecular weight excluding hydrogens is 280 g/mol. The van der Waals surface area contributed by atoms with Gasteiger partial charge in [0.05, 0.1) is 6.26 Å². The highest BCUT2D eigenvalue weighted by Crippen LogP contribution is 2.31. The molecule has 1 aliphatic rings. The standard InChI is InChI=1S/C18H22O4/c1-12(2)11-18(15(19)9-6-10-21-18)17(20)22-16-13(3)7-5-8-14(16)4/h5-8,10,12H,9,11H2,1-4H3/t18-/m1/s1. The summed E-state index contributed by atoms with van der Waals surface area (Å²) in [4.78, 5) is 25.1. The molecule has 0 radical (unpaired) electrons. The molecule has 1 aromatic rings. The third-order valence-electron chi connectivity index (χ3n) is 3.75. The van der Waals surface area contributed by atoms with Crippen LogP contribution in [0.15, 0.2) is 30.5 Å². The highest BCUT2D eigenvalue weighted by atomic mass is 16.6. The molecule has 1 aliphatic heterocycles. The van der Waals surface area contributed by atoms with Crippen molar-refractivity contribution < 1.29 is 19.1 Å². The quantitative estimate of drug-likeness (QED) is 0.485. The van der Waals surface area contributed by atoms with Crippen molar-refractivity contribution in [2.45, 2.75) is 46.1 Å². The van der Waals surface area contributed by atoms with Crippen molar-refractivity contribution in [3.05, 3.63) is 41.7 Å². The van der Waals surface area contributed by atoms with E-state index in [1.54, 1.807) is 6.08 Å². The summed E-state index contributed by atoms with van der Waals surface area (Å²) in [5.41, 5.74) is 0.177. The molecule has 2 rings (SSSR count). The normalized spacial score (nSPS) is 20.9. The number of hydrogen-bond acceptors (Lipinski definition) is 4. The van der Waals surface area contributed by atoms with Crippen LogP contribution in [-0.2, 0) is 14.3 Å². The Morgan fingerprint density at radius 2 is 1.95 bits per heavy atom. The third-order valence-corrected chi connectivity index (χ3v) is 3.75. The maximum atomic E-state index is 12.7. The number of carbonyl (C=O) groups is 2. The van der Waals surface area contributed by atoms with Crippen molar-refractivity contribution >= 4 is 11.8 Å². The average Bonchev–Trinajstić information content (AvgIpc) is 2.45. The topological polar surface area (TPSA) is 52.6 Å². The minimum Gasteiger partial charge on any atom is -0.475 e. The lowest BCUT2D eigenvalue weighted by molar-refractivity contribution is -0.166. The molecule has 1 atom stereocenters. The van der Waals surface area contributed by atoms with Crippen molar-refractivity contribution in [1.29, 1.82) is 0 Å². The van der Waals surface area contributed by atoms with Crippen LogP contribution in [-0.4, -0.2) is 17.4 Å². The fourth-order valence-corrected chi connectivity index (χ4v) is 2.67. The molecule has 4 nitrogen and oxygen atoms in total. The summed E-state index contributed by atoms with van der Waals surface area (Å²) in [6.45, 7) is 7.63. The SMILES string of the molecule is Cc1cccc(C)c1OC(=O)[C@]1(CC(C)C)OC=CCC1=O.